The molecule has 4 heteroatoms. The summed E-state index contributed by atoms with van der Waals surface area (Å²) in [5.74, 6) is 0. The van der Waals surface area contributed by atoms with Crippen LogP contribution in [0.4, 0.5) is 0 Å². The fourth-order valence-corrected chi connectivity index (χ4v) is 2.01. The molecule has 0 spiro atoms. The molecular formula is C9H14BNO2. The van der Waals surface area contributed by atoms with Crippen molar-refractivity contribution in [3.8, 4) is 0 Å². The summed E-state index contributed by atoms with van der Waals surface area (Å²) in [6.45, 7) is 0. The molecule has 0 aliphatic heterocycles. The monoisotopic (exact) mass is 179 g/mol. The highest BCUT2D eigenvalue weighted by atomic mass is 16.4. The maximum absolute atomic E-state index is 8.92. The first-order chi connectivity index (χ1) is 6.27. The van der Waals surface area contributed by atoms with Gasteiger partial charge < -0.3 is 14.6 Å². The summed E-state index contributed by atoms with van der Waals surface area (Å²) in [5.41, 5.74) is 0.590. The van der Waals surface area contributed by atoms with Gasteiger partial charge in [-0.05, 0) is 24.4 Å². The Kier molecular flexibility index (Phi) is 2.42. The van der Waals surface area contributed by atoms with Crippen molar-refractivity contribution in [2.24, 2.45) is 0 Å². The Morgan fingerprint density at radius 2 is 2.00 bits per heavy atom. The standard InChI is InChI=1S/C9H14BNO2/c12-10(13)8-5-6-11(7-8)9-3-1-2-4-9/h5-7,9,12-13H,1-4H2. The Morgan fingerprint density at radius 1 is 1.31 bits per heavy atom. The van der Waals surface area contributed by atoms with Crippen molar-refractivity contribution in [2.45, 2.75) is 31.7 Å². The third kappa shape index (κ3) is 1.79. The second kappa shape index (κ2) is 3.56. The molecule has 0 aromatic carbocycles. The highest BCUT2D eigenvalue weighted by Gasteiger charge is 2.18. The number of rotatable bonds is 2. The molecule has 70 valence electrons. The number of nitrogens with zero attached hydrogens (tertiary/aromatic N) is 1. The third-order valence-corrected chi connectivity index (χ3v) is 2.78. The third-order valence-electron chi connectivity index (χ3n) is 2.78. The second-order valence-corrected chi connectivity index (χ2v) is 3.70. The van der Waals surface area contributed by atoms with Crippen molar-refractivity contribution in [1.82, 2.24) is 4.57 Å². The molecule has 1 aliphatic rings. The van der Waals surface area contributed by atoms with Gasteiger partial charge >= 0.3 is 7.12 Å². The molecule has 1 aromatic rings. The van der Waals surface area contributed by atoms with E-state index in [1.54, 1.807) is 6.07 Å². The SMILES string of the molecule is OB(O)c1ccn(C2CCCC2)c1. The lowest BCUT2D eigenvalue weighted by molar-refractivity contribution is 0.425. The van der Waals surface area contributed by atoms with E-state index in [0.717, 1.165) is 0 Å². The van der Waals surface area contributed by atoms with Gasteiger partial charge in [0.05, 0.1) is 0 Å². The molecular weight excluding hydrogens is 165 g/mol. The van der Waals surface area contributed by atoms with E-state index in [4.69, 9.17) is 10.0 Å². The molecule has 1 aromatic heterocycles. The van der Waals surface area contributed by atoms with Gasteiger partial charge in [-0.1, -0.05) is 12.8 Å². The Hall–Kier alpha value is -0.735. The lowest BCUT2D eigenvalue weighted by Crippen LogP contribution is -2.28. The van der Waals surface area contributed by atoms with Gasteiger partial charge in [0.1, 0.15) is 0 Å². The van der Waals surface area contributed by atoms with Gasteiger partial charge in [0.25, 0.3) is 0 Å². The van der Waals surface area contributed by atoms with E-state index >= 15 is 0 Å². The quantitative estimate of drug-likeness (QED) is 0.640. The molecule has 1 saturated carbocycles. The van der Waals surface area contributed by atoms with Crippen LogP contribution in [0.1, 0.15) is 31.7 Å². The topological polar surface area (TPSA) is 45.4 Å². The van der Waals surface area contributed by atoms with Crippen molar-refractivity contribution < 1.29 is 10.0 Å². The molecule has 13 heavy (non-hydrogen) atoms. The zero-order chi connectivity index (χ0) is 9.26. The van der Waals surface area contributed by atoms with Gasteiger partial charge in [-0.2, -0.15) is 0 Å². The predicted molar refractivity (Wildman–Crippen MR) is 51.8 cm³/mol. The highest BCUT2D eigenvalue weighted by Crippen LogP contribution is 2.28. The summed E-state index contributed by atoms with van der Waals surface area (Å²) in [7, 11) is -1.33. The number of hydrogen-bond donors (Lipinski definition) is 2. The van der Waals surface area contributed by atoms with Crippen molar-refractivity contribution >= 4 is 12.6 Å². The number of aromatic nitrogens is 1. The second-order valence-electron chi connectivity index (χ2n) is 3.70. The van der Waals surface area contributed by atoms with Gasteiger partial charge in [-0.25, -0.2) is 0 Å². The average Bonchev–Trinajstić information content (AvgIpc) is 2.75. The van der Waals surface area contributed by atoms with E-state index < -0.39 is 7.12 Å². The Labute approximate surface area is 78.2 Å². The molecule has 0 radical (unpaired) electrons. The van der Waals surface area contributed by atoms with Crippen molar-refractivity contribution in [3.05, 3.63) is 18.5 Å². The lowest BCUT2D eigenvalue weighted by Gasteiger charge is -2.10. The predicted octanol–water partition coefficient (Wildman–Crippen LogP) is 0.283. The maximum atomic E-state index is 8.92. The van der Waals surface area contributed by atoms with Crippen LogP contribution in [0.2, 0.25) is 0 Å². The lowest BCUT2D eigenvalue weighted by atomic mass is 9.83. The summed E-state index contributed by atoms with van der Waals surface area (Å²) in [4.78, 5) is 0. The Bertz CT molecular complexity index is 279. The molecule has 2 N–H and O–H groups in total. The van der Waals surface area contributed by atoms with Crippen LogP contribution >= 0.6 is 0 Å². The van der Waals surface area contributed by atoms with Crippen molar-refractivity contribution in [1.29, 1.82) is 0 Å². The molecule has 2 rings (SSSR count). The van der Waals surface area contributed by atoms with Crippen LogP contribution in [0.15, 0.2) is 18.5 Å². The first-order valence-corrected chi connectivity index (χ1v) is 4.81. The van der Waals surface area contributed by atoms with Gasteiger partial charge in [0.15, 0.2) is 0 Å². The van der Waals surface area contributed by atoms with Crippen LogP contribution in [-0.2, 0) is 0 Å². The minimum absolute atomic E-state index is 0.576. The van der Waals surface area contributed by atoms with Crippen molar-refractivity contribution in [3.63, 3.8) is 0 Å². The molecule has 1 aliphatic carbocycles. The van der Waals surface area contributed by atoms with E-state index in [9.17, 15) is 0 Å². The summed E-state index contributed by atoms with van der Waals surface area (Å²) in [5, 5.41) is 17.8. The first kappa shape index (κ1) is 8.85. The zero-order valence-corrected chi connectivity index (χ0v) is 7.56. The summed E-state index contributed by atoms with van der Waals surface area (Å²) in [6.07, 6.45) is 8.79. The van der Waals surface area contributed by atoms with Crippen LogP contribution in [0.3, 0.4) is 0 Å². The maximum Gasteiger partial charge on any atom is 0.489 e. The van der Waals surface area contributed by atoms with E-state index in [-0.39, 0.29) is 0 Å². The zero-order valence-electron chi connectivity index (χ0n) is 7.56. The molecule has 0 amide bonds. The van der Waals surface area contributed by atoms with Crippen LogP contribution in [0.25, 0.3) is 0 Å². The molecule has 1 heterocycles. The summed E-state index contributed by atoms with van der Waals surface area (Å²) < 4.78 is 2.10. The van der Waals surface area contributed by atoms with Gasteiger partial charge in [-0.3, -0.25) is 0 Å². The molecule has 0 bridgehead atoms. The van der Waals surface area contributed by atoms with Gasteiger partial charge in [0.2, 0.25) is 0 Å². The Balaban J connectivity index is 2.12. The van der Waals surface area contributed by atoms with Crippen LogP contribution < -0.4 is 5.46 Å². The molecule has 0 atom stereocenters. The largest absolute Gasteiger partial charge is 0.489 e. The molecule has 1 fully saturated rings. The fourth-order valence-electron chi connectivity index (χ4n) is 2.01. The van der Waals surface area contributed by atoms with Crippen LogP contribution in [0.5, 0.6) is 0 Å². The fraction of sp³-hybridized carbons (Fsp3) is 0.556. The van der Waals surface area contributed by atoms with E-state index in [1.165, 1.54) is 25.7 Å². The summed E-state index contributed by atoms with van der Waals surface area (Å²) in [6, 6.07) is 2.34. The molecule has 0 saturated heterocycles. The van der Waals surface area contributed by atoms with Crippen LogP contribution in [0, 0.1) is 0 Å². The number of hydrogen-bond acceptors (Lipinski definition) is 2. The first-order valence-electron chi connectivity index (χ1n) is 4.81. The minimum Gasteiger partial charge on any atom is -0.423 e. The molecule has 0 unspecified atom stereocenters. The van der Waals surface area contributed by atoms with E-state index in [1.807, 2.05) is 12.4 Å². The van der Waals surface area contributed by atoms with Crippen LogP contribution in [-0.4, -0.2) is 21.7 Å². The Morgan fingerprint density at radius 3 is 2.54 bits per heavy atom. The van der Waals surface area contributed by atoms with Crippen molar-refractivity contribution in [2.75, 3.05) is 0 Å². The average molecular weight is 179 g/mol. The van der Waals surface area contributed by atoms with Gasteiger partial charge in [0, 0.05) is 18.4 Å². The summed E-state index contributed by atoms with van der Waals surface area (Å²) >= 11 is 0. The smallest absolute Gasteiger partial charge is 0.423 e. The normalized spacial score (nSPS) is 18.0. The highest BCUT2D eigenvalue weighted by molar-refractivity contribution is 6.58. The molecule has 3 nitrogen and oxygen atoms in total. The van der Waals surface area contributed by atoms with Gasteiger partial charge in [-0.15, -0.1) is 0 Å². The minimum atomic E-state index is -1.33. The van der Waals surface area contributed by atoms with E-state index in [2.05, 4.69) is 4.57 Å². The van der Waals surface area contributed by atoms with E-state index in [0.29, 0.717) is 11.5 Å².